The number of esters is 1. The lowest BCUT2D eigenvalue weighted by atomic mass is 10.1. The van der Waals surface area contributed by atoms with E-state index in [2.05, 4.69) is 15.2 Å². The normalized spacial score (nSPS) is 11.0. The summed E-state index contributed by atoms with van der Waals surface area (Å²) in [7, 11) is 1.32. The Balaban J connectivity index is 1.61. The molecule has 1 aromatic carbocycles. The first kappa shape index (κ1) is 22.6. The molecule has 33 heavy (non-hydrogen) atoms. The van der Waals surface area contributed by atoms with Gasteiger partial charge in [0.15, 0.2) is 16.8 Å². The predicted octanol–water partition coefficient (Wildman–Crippen LogP) is 4.60. The molecule has 0 atom stereocenters. The fourth-order valence-corrected chi connectivity index (χ4v) is 4.57. The van der Waals surface area contributed by atoms with Crippen molar-refractivity contribution in [1.82, 2.24) is 19.7 Å². The van der Waals surface area contributed by atoms with Gasteiger partial charge in [-0.25, -0.2) is 4.79 Å². The number of hydrogen-bond donors (Lipinski definition) is 1. The molecular formula is C24H24N4O4S. The lowest BCUT2D eigenvalue weighted by Gasteiger charge is -2.10. The van der Waals surface area contributed by atoms with E-state index in [4.69, 9.17) is 9.15 Å². The second kappa shape index (κ2) is 9.50. The summed E-state index contributed by atoms with van der Waals surface area (Å²) < 4.78 is 12.3. The van der Waals surface area contributed by atoms with Crippen LogP contribution in [-0.4, -0.2) is 44.4 Å². The first-order valence-corrected chi connectivity index (χ1v) is 11.3. The van der Waals surface area contributed by atoms with E-state index in [9.17, 15) is 9.59 Å². The van der Waals surface area contributed by atoms with Crippen LogP contribution in [0, 0.1) is 20.8 Å². The molecule has 0 saturated heterocycles. The summed E-state index contributed by atoms with van der Waals surface area (Å²) in [4.78, 5) is 28.1. The predicted molar refractivity (Wildman–Crippen MR) is 125 cm³/mol. The molecule has 0 bridgehead atoms. The van der Waals surface area contributed by atoms with Crippen LogP contribution in [0.3, 0.4) is 0 Å². The average Bonchev–Trinajstić information content (AvgIpc) is 3.49. The maximum atomic E-state index is 13.0. The Kier molecular flexibility index (Phi) is 6.50. The highest BCUT2D eigenvalue weighted by molar-refractivity contribution is 7.99. The van der Waals surface area contributed by atoms with Crippen LogP contribution in [0.4, 0.5) is 0 Å². The van der Waals surface area contributed by atoms with Crippen molar-refractivity contribution in [2.75, 3.05) is 12.9 Å². The topological polar surface area (TPSA) is 103 Å². The molecule has 0 aliphatic heterocycles. The number of benzene rings is 1. The van der Waals surface area contributed by atoms with Gasteiger partial charge < -0.3 is 14.1 Å². The number of H-pyrrole nitrogens is 1. The second-order valence-corrected chi connectivity index (χ2v) is 8.54. The van der Waals surface area contributed by atoms with E-state index in [-0.39, 0.29) is 11.5 Å². The molecule has 0 aliphatic rings. The van der Waals surface area contributed by atoms with E-state index >= 15 is 0 Å². The van der Waals surface area contributed by atoms with Crippen LogP contribution in [0.2, 0.25) is 0 Å². The van der Waals surface area contributed by atoms with Crippen molar-refractivity contribution >= 4 is 23.5 Å². The number of thioether (sulfide) groups is 1. The molecule has 0 aliphatic carbocycles. The van der Waals surface area contributed by atoms with Crippen molar-refractivity contribution in [3.8, 4) is 11.4 Å². The zero-order valence-electron chi connectivity index (χ0n) is 18.8. The number of methoxy groups -OCH3 is 1. The van der Waals surface area contributed by atoms with Crippen molar-refractivity contribution in [3.63, 3.8) is 0 Å². The number of aryl methyl sites for hydroxylation is 2. The van der Waals surface area contributed by atoms with Crippen molar-refractivity contribution in [1.29, 1.82) is 0 Å². The van der Waals surface area contributed by atoms with Gasteiger partial charge in [-0.05, 0) is 38.0 Å². The fraction of sp³-hybridized carbons (Fsp3) is 0.250. The number of furan rings is 1. The molecule has 4 aromatic rings. The van der Waals surface area contributed by atoms with Crippen molar-refractivity contribution < 1.29 is 18.7 Å². The Hall–Kier alpha value is -3.59. The van der Waals surface area contributed by atoms with Crippen molar-refractivity contribution in [2.24, 2.45) is 0 Å². The van der Waals surface area contributed by atoms with Gasteiger partial charge in [0.1, 0.15) is 5.76 Å². The Morgan fingerprint density at radius 2 is 1.88 bits per heavy atom. The highest BCUT2D eigenvalue weighted by Gasteiger charge is 2.24. The average molecular weight is 465 g/mol. The summed E-state index contributed by atoms with van der Waals surface area (Å²) in [5, 5.41) is 9.37. The molecule has 0 spiro atoms. The maximum absolute atomic E-state index is 13.0. The Bertz CT molecular complexity index is 1300. The number of aromatic nitrogens is 4. The van der Waals surface area contributed by atoms with E-state index in [0.29, 0.717) is 40.0 Å². The Morgan fingerprint density at radius 1 is 1.12 bits per heavy atom. The molecule has 0 amide bonds. The number of ether oxygens (including phenoxy) is 1. The number of Topliss-reactive ketones (excluding diaryl/α,β-unsaturated/α-hetero) is 1. The zero-order valence-corrected chi connectivity index (χ0v) is 19.7. The van der Waals surface area contributed by atoms with Crippen LogP contribution >= 0.6 is 11.8 Å². The fourth-order valence-electron chi connectivity index (χ4n) is 3.76. The number of carbonyl (C=O) groups excluding carboxylic acids is 2. The number of nitrogens with zero attached hydrogens (tertiary/aromatic N) is 3. The monoisotopic (exact) mass is 464 g/mol. The molecule has 3 aromatic heterocycles. The molecule has 170 valence electrons. The summed E-state index contributed by atoms with van der Waals surface area (Å²) in [6.07, 6.45) is 1.62. The van der Waals surface area contributed by atoms with E-state index < -0.39 is 5.97 Å². The van der Waals surface area contributed by atoms with Gasteiger partial charge in [-0.2, -0.15) is 0 Å². The summed E-state index contributed by atoms with van der Waals surface area (Å²) in [6.45, 7) is 5.92. The van der Waals surface area contributed by atoms with Gasteiger partial charge in [0, 0.05) is 5.69 Å². The van der Waals surface area contributed by atoms with Gasteiger partial charge in [0.2, 0.25) is 0 Å². The molecule has 0 radical (unpaired) electrons. The van der Waals surface area contributed by atoms with E-state index in [1.165, 1.54) is 18.9 Å². The first-order chi connectivity index (χ1) is 15.9. The van der Waals surface area contributed by atoms with Crippen molar-refractivity contribution in [2.45, 2.75) is 32.5 Å². The third-order valence-corrected chi connectivity index (χ3v) is 6.41. The Morgan fingerprint density at radius 3 is 2.55 bits per heavy atom. The van der Waals surface area contributed by atoms with Crippen LogP contribution in [-0.2, 0) is 11.3 Å². The van der Waals surface area contributed by atoms with E-state index in [1.54, 1.807) is 20.1 Å². The van der Waals surface area contributed by atoms with Crippen LogP contribution in [0.5, 0.6) is 0 Å². The third kappa shape index (κ3) is 4.49. The summed E-state index contributed by atoms with van der Waals surface area (Å²) in [5.41, 5.74) is 3.95. The third-order valence-electron chi connectivity index (χ3n) is 5.44. The number of ketones is 1. The van der Waals surface area contributed by atoms with Crippen LogP contribution in [0.15, 0.2) is 52.2 Å². The lowest BCUT2D eigenvalue weighted by molar-refractivity contribution is 0.0599. The summed E-state index contributed by atoms with van der Waals surface area (Å²) in [6, 6.07) is 11.9. The molecule has 4 rings (SSSR count). The van der Waals surface area contributed by atoms with Crippen LogP contribution < -0.4 is 0 Å². The number of nitrogens with one attached hydrogen (secondary N) is 1. The number of carbonyl (C=O) groups is 2. The highest BCUT2D eigenvalue weighted by atomic mass is 32.2. The first-order valence-electron chi connectivity index (χ1n) is 10.4. The minimum atomic E-state index is -0.462. The van der Waals surface area contributed by atoms with Crippen molar-refractivity contribution in [3.05, 3.63) is 76.5 Å². The minimum absolute atomic E-state index is 0.133. The molecule has 0 fully saturated rings. The van der Waals surface area contributed by atoms with Gasteiger partial charge in [-0.15, -0.1) is 10.2 Å². The number of rotatable bonds is 8. The van der Waals surface area contributed by atoms with E-state index in [0.717, 1.165) is 16.9 Å². The summed E-state index contributed by atoms with van der Waals surface area (Å²) >= 11 is 1.30. The molecule has 8 nitrogen and oxygen atoms in total. The molecular weight excluding hydrogens is 440 g/mol. The standard InChI is InChI=1S/C24H24N4O4S/c1-14-20(23(30)31-4)15(2)25-21(14)19(29)13-33-24-27-26-22(18-10-11-32-16(18)3)28(24)12-17-8-6-5-7-9-17/h5-11,25H,12-13H2,1-4H3. The second-order valence-electron chi connectivity index (χ2n) is 7.60. The Labute approximate surface area is 195 Å². The minimum Gasteiger partial charge on any atom is -0.469 e. The highest BCUT2D eigenvalue weighted by Crippen LogP contribution is 2.29. The number of aromatic amines is 1. The van der Waals surface area contributed by atoms with Crippen LogP contribution in [0.1, 0.15) is 43.4 Å². The van der Waals surface area contributed by atoms with E-state index in [1.807, 2.05) is 47.9 Å². The van der Waals surface area contributed by atoms with Gasteiger partial charge in [-0.1, -0.05) is 42.1 Å². The SMILES string of the molecule is COC(=O)c1c(C)[nH]c(C(=O)CSc2nnc(-c3ccoc3C)n2Cc2ccccc2)c1C. The summed E-state index contributed by atoms with van der Waals surface area (Å²) in [5.74, 6) is 0.970. The smallest absolute Gasteiger partial charge is 0.339 e. The molecule has 1 N–H and O–H groups in total. The van der Waals surface area contributed by atoms with Gasteiger partial charge in [0.25, 0.3) is 0 Å². The molecule has 3 heterocycles. The largest absolute Gasteiger partial charge is 0.469 e. The number of hydrogen-bond acceptors (Lipinski definition) is 7. The van der Waals surface area contributed by atoms with Gasteiger partial charge in [0.05, 0.1) is 42.5 Å². The quantitative estimate of drug-likeness (QED) is 0.231. The van der Waals surface area contributed by atoms with Gasteiger partial charge in [-0.3, -0.25) is 9.36 Å². The molecule has 0 saturated carbocycles. The maximum Gasteiger partial charge on any atom is 0.339 e. The lowest BCUT2D eigenvalue weighted by Crippen LogP contribution is -2.09. The van der Waals surface area contributed by atoms with Crippen LogP contribution in [0.25, 0.3) is 11.4 Å². The molecule has 0 unspecified atom stereocenters. The molecule has 9 heteroatoms. The van der Waals surface area contributed by atoms with Gasteiger partial charge >= 0.3 is 5.97 Å². The zero-order chi connectivity index (χ0) is 23.5.